The van der Waals surface area contributed by atoms with E-state index in [0.717, 1.165) is 11.1 Å². The fourth-order valence-electron chi connectivity index (χ4n) is 4.01. The van der Waals surface area contributed by atoms with Gasteiger partial charge in [-0.05, 0) is 47.5 Å². The molecule has 0 aliphatic rings. The number of hydrogen-bond acceptors (Lipinski definition) is 4. The quantitative estimate of drug-likeness (QED) is 0.392. The molecular formula is C26H21F2N5O2. The van der Waals surface area contributed by atoms with E-state index in [1.165, 1.54) is 28.8 Å². The van der Waals surface area contributed by atoms with Gasteiger partial charge in [-0.2, -0.15) is 0 Å². The van der Waals surface area contributed by atoms with E-state index < -0.39 is 0 Å². The maximum absolute atomic E-state index is 13.3. The van der Waals surface area contributed by atoms with E-state index >= 15 is 0 Å². The second-order valence-electron chi connectivity index (χ2n) is 8.19. The third kappa shape index (κ3) is 4.65. The summed E-state index contributed by atoms with van der Waals surface area (Å²) in [7, 11) is 0. The van der Waals surface area contributed by atoms with Crippen molar-refractivity contribution in [1.29, 1.82) is 0 Å². The molecule has 0 fully saturated rings. The van der Waals surface area contributed by atoms with Crippen LogP contribution in [0.25, 0.3) is 16.7 Å². The van der Waals surface area contributed by atoms with Crippen LogP contribution in [0.5, 0.6) is 0 Å². The molecule has 176 valence electrons. The van der Waals surface area contributed by atoms with Crippen LogP contribution in [-0.2, 0) is 24.3 Å². The molecule has 0 radical (unpaired) electrons. The van der Waals surface area contributed by atoms with Crippen molar-refractivity contribution in [2.45, 2.75) is 25.9 Å². The highest BCUT2D eigenvalue weighted by atomic mass is 19.1. The van der Waals surface area contributed by atoms with Gasteiger partial charge in [0.25, 0.3) is 5.56 Å². The normalized spacial score (nSPS) is 11.3. The molecule has 0 spiro atoms. The van der Waals surface area contributed by atoms with E-state index in [4.69, 9.17) is 0 Å². The van der Waals surface area contributed by atoms with Crippen molar-refractivity contribution < 1.29 is 13.6 Å². The van der Waals surface area contributed by atoms with Gasteiger partial charge in [-0.3, -0.25) is 18.6 Å². The molecule has 0 unspecified atom stereocenters. The predicted molar refractivity (Wildman–Crippen MR) is 127 cm³/mol. The largest absolute Gasteiger partial charge is 0.352 e. The maximum atomic E-state index is 13.3. The number of halogens is 2. The van der Waals surface area contributed by atoms with Crippen molar-refractivity contribution in [3.05, 3.63) is 112 Å². The Morgan fingerprint density at radius 3 is 2.23 bits per heavy atom. The summed E-state index contributed by atoms with van der Waals surface area (Å²) in [5, 5.41) is 11.8. The van der Waals surface area contributed by atoms with Crippen molar-refractivity contribution in [2.75, 3.05) is 0 Å². The Morgan fingerprint density at radius 1 is 0.857 bits per heavy atom. The van der Waals surface area contributed by atoms with Crippen LogP contribution < -0.4 is 10.9 Å². The predicted octanol–water partition coefficient (Wildman–Crippen LogP) is 3.62. The van der Waals surface area contributed by atoms with Crippen molar-refractivity contribution in [3.8, 4) is 0 Å². The number of hydrogen-bond donors (Lipinski definition) is 1. The van der Waals surface area contributed by atoms with Gasteiger partial charge in [0.1, 0.15) is 17.5 Å². The molecule has 2 heterocycles. The summed E-state index contributed by atoms with van der Waals surface area (Å²) in [6.07, 6.45) is 0.461. The van der Waals surface area contributed by atoms with E-state index in [1.54, 1.807) is 40.8 Å². The molecule has 1 amide bonds. The number of carbonyl (C=O) groups excluding carboxylic acids is 1. The van der Waals surface area contributed by atoms with Gasteiger partial charge in [0, 0.05) is 19.4 Å². The second kappa shape index (κ2) is 9.46. The van der Waals surface area contributed by atoms with Crippen LogP contribution in [0.2, 0.25) is 0 Å². The van der Waals surface area contributed by atoms with Gasteiger partial charge >= 0.3 is 0 Å². The lowest BCUT2D eigenvalue weighted by Crippen LogP contribution is -2.25. The van der Waals surface area contributed by atoms with Crippen molar-refractivity contribution >= 4 is 22.6 Å². The minimum absolute atomic E-state index is 0.160. The zero-order valence-electron chi connectivity index (χ0n) is 18.6. The number of nitrogens with zero attached hydrogens (tertiary/aromatic N) is 4. The lowest BCUT2D eigenvalue weighted by Gasteiger charge is -2.12. The Bertz CT molecular complexity index is 1570. The maximum Gasteiger partial charge on any atom is 0.263 e. The molecule has 0 saturated heterocycles. The first-order valence-electron chi connectivity index (χ1n) is 11.1. The minimum Gasteiger partial charge on any atom is -0.352 e. The van der Waals surface area contributed by atoms with Crippen molar-refractivity contribution in [2.24, 2.45) is 0 Å². The molecule has 0 aliphatic carbocycles. The minimum atomic E-state index is -0.354. The Morgan fingerprint density at radius 2 is 1.51 bits per heavy atom. The molecule has 3 aromatic carbocycles. The first-order chi connectivity index (χ1) is 17.0. The van der Waals surface area contributed by atoms with Crippen LogP contribution in [0.1, 0.15) is 23.4 Å². The van der Waals surface area contributed by atoms with Crippen LogP contribution in [0.4, 0.5) is 8.78 Å². The Kier molecular flexibility index (Phi) is 6.05. The molecule has 5 aromatic rings. The van der Waals surface area contributed by atoms with E-state index in [1.807, 2.05) is 12.1 Å². The summed E-state index contributed by atoms with van der Waals surface area (Å²) in [6, 6.07) is 19.0. The van der Waals surface area contributed by atoms with Gasteiger partial charge in [0.05, 0.1) is 17.4 Å². The smallest absolute Gasteiger partial charge is 0.263 e. The van der Waals surface area contributed by atoms with E-state index in [2.05, 4.69) is 15.5 Å². The van der Waals surface area contributed by atoms with E-state index in [-0.39, 0.29) is 36.1 Å². The number of para-hydroxylation sites is 1. The van der Waals surface area contributed by atoms with Crippen LogP contribution >= 0.6 is 0 Å². The summed E-state index contributed by atoms with van der Waals surface area (Å²) in [6.45, 7) is 0.490. The van der Waals surface area contributed by atoms with Crippen LogP contribution in [-0.4, -0.2) is 25.1 Å². The van der Waals surface area contributed by atoms with E-state index in [0.29, 0.717) is 35.5 Å². The molecule has 0 saturated carbocycles. The van der Waals surface area contributed by atoms with Crippen LogP contribution in [0.15, 0.2) is 77.6 Å². The van der Waals surface area contributed by atoms with Gasteiger partial charge in [-0.25, -0.2) is 8.78 Å². The molecular weight excluding hydrogens is 452 g/mol. The highest BCUT2D eigenvalue weighted by Crippen LogP contribution is 2.17. The van der Waals surface area contributed by atoms with E-state index in [9.17, 15) is 18.4 Å². The zero-order chi connectivity index (χ0) is 24.4. The van der Waals surface area contributed by atoms with Crippen molar-refractivity contribution in [1.82, 2.24) is 24.5 Å². The number of benzene rings is 3. The summed E-state index contributed by atoms with van der Waals surface area (Å²) in [4.78, 5) is 25.7. The van der Waals surface area contributed by atoms with Gasteiger partial charge in [0.15, 0.2) is 0 Å². The molecule has 2 aromatic heterocycles. The highest BCUT2D eigenvalue weighted by Gasteiger charge is 2.17. The topological polar surface area (TPSA) is 81.3 Å². The first kappa shape index (κ1) is 22.4. The lowest BCUT2D eigenvalue weighted by atomic mass is 10.2. The number of nitrogens with one attached hydrogen (secondary N) is 1. The second-order valence-corrected chi connectivity index (χ2v) is 8.19. The molecule has 35 heavy (non-hydrogen) atoms. The fraction of sp³-hybridized carbons (Fsp3) is 0.154. The molecule has 0 bridgehead atoms. The number of amides is 1. The standard InChI is InChI=1S/C26H21F2N5O2/c27-19-9-5-17(6-10-19)15-29-24(34)14-13-23-30-31-26-32(16-18-7-11-20(28)12-8-18)25(35)21-3-1-2-4-22(21)33(23)26/h1-12H,13-16H2,(H,29,34). The average Bonchev–Trinajstić information content (AvgIpc) is 3.30. The lowest BCUT2D eigenvalue weighted by molar-refractivity contribution is -0.121. The molecule has 0 aliphatic heterocycles. The van der Waals surface area contributed by atoms with Crippen LogP contribution in [0.3, 0.4) is 0 Å². The van der Waals surface area contributed by atoms with Gasteiger partial charge in [-0.1, -0.05) is 36.4 Å². The van der Waals surface area contributed by atoms with Crippen LogP contribution in [0, 0.1) is 11.6 Å². The van der Waals surface area contributed by atoms with Gasteiger partial charge in [-0.15, -0.1) is 10.2 Å². The number of rotatable bonds is 7. The molecule has 5 rings (SSSR count). The molecule has 9 heteroatoms. The van der Waals surface area contributed by atoms with Gasteiger partial charge < -0.3 is 5.32 Å². The highest BCUT2D eigenvalue weighted by molar-refractivity contribution is 5.80. The fourth-order valence-corrected chi connectivity index (χ4v) is 4.01. The number of fused-ring (bicyclic) bond motifs is 3. The molecule has 0 atom stereocenters. The van der Waals surface area contributed by atoms with Crippen molar-refractivity contribution in [3.63, 3.8) is 0 Å². The number of aromatic nitrogens is 4. The summed E-state index contributed by atoms with van der Waals surface area (Å²) >= 11 is 0. The Hall–Kier alpha value is -4.40. The summed E-state index contributed by atoms with van der Waals surface area (Å²) < 4.78 is 29.7. The summed E-state index contributed by atoms with van der Waals surface area (Å²) in [5.74, 6) is 0.0202. The number of aryl methyl sites for hydroxylation is 1. The Labute approximate surface area is 198 Å². The first-order valence-corrected chi connectivity index (χ1v) is 11.1. The zero-order valence-corrected chi connectivity index (χ0v) is 18.6. The SMILES string of the molecule is O=C(CCc1nnc2n(Cc3ccc(F)cc3)c(=O)c3ccccc3n12)NCc1ccc(F)cc1. The number of carbonyl (C=O) groups is 1. The Balaban J connectivity index is 1.42. The molecule has 7 nitrogen and oxygen atoms in total. The summed E-state index contributed by atoms with van der Waals surface area (Å²) in [5.41, 5.74) is 1.96. The monoisotopic (exact) mass is 473 g/mol. The third-order valence-corrected chi connectivity index (χ3v) is 5.81. The molecule has 1 N–H and O–H groups in total. The van der Waals surface area contributed by atoms with Gasteiger partial charge in [0.2, 0.25) is 11.7 Å². The third-order valence-electron chi connectivity index (χ3n) is 5.81. The average molecular weight is 473 g/mol.